The Morgan fingerprint density at radius 2 is 1.90 bits per heavy atom. The fourth-order valence-corrected chi connectivity index (χ4v) is 3.21. The first-order valence-corrected chi connectivity index (χ1v) is 8.01. The van der Waals surface area contributed by atoms with Gasteiger partial charge in [0.2, 0.25) is 0 Å². The predicted octanol–water partition coefficient (Wildman–Crippen LogP) is 3.61. The van der Waals surface area contributed by atoms with Crippen molar-refractivity contribution in [2.24, 2.45) is 0 Å². The van der Waals surface area contributed by atoms with Gasteiger partial charge in [-0.25, -0.2) is 0 Å². The van der Waals surface area contributed by atoms with Crippen molar-refractivity contribution in [3.05, 3.63) is 34.5 Å². The van der Waals surface area contributed by atoms with E-state index in [1.165, 1.54) is 16.6 Å². The summed E-state index contributed by atoms with van der Waals surface area (Å²) >= 11 is 6.38. The van der Waals surface area contributed by atoms with E-state index in [1.54, 1.807) is 0 Å². The second kappa shape index (κ2) is 6.82. The quantitative estimate of drug-likeness (QED) is 0.883. The molecule has 0 saturated heterocycles. The van der Waals surface area contributed by atoms with E-state index in [-0.39, 0.29) is 0 Å². The molecule has 0 radical (unpaired) electrons. The second-order valence-electron chi connectivity index (χ2n) is 5.60. The number of hydrogen-bond acceptors (Lipinski definition) is 2. The van der Waals surface area contributed by atoms with Gasteiger partial charge in [0.1, 0.15) is 0 Å². The summed E-state index contributed by atoms with van der Waals surface area (Å²) in [6.07, 6.45) is -0.394. The summed E-state index contributed by atoms with van der Waals surface area (Å²) in [7, 11) is 0. The van der Waals surface area contributed by atoms with Crippen LogP contribution < -0.4 is 0 Å². The molecule has 1 heterocycles. The van der Waals surface area contributed by atoms with Gasteiger partial charge in [0, 0.05) is 17.6 Å². The minimum Gasteiger partial charge on any atom is -0.390 e. The Bertz CT molecular complexity index is 617. The van der Waals surface area contributed by atoms with Gasteiger partial charge in [-0.3, -0.25) is 0 Å². The van der Waals surface area contributed by atoms with Gasteiger partial charge in [0.15, 0.2) is 0 Å². The van der Waals surface area contributed by atoms with E-state index in [4.69, 9.17) is 11.6 Å². The van der Waals surface area contributed by atoms with Crippen molar-refractivity contribution in [1.82, 2.24) is 9.47 Å². The van der Waals surface area contributed by atoms with Crippen molar-refractivity contribution in [1.29, 1.82) is 0 Å². The molecule has 3 nitrogen and oxygen atoms in total. The summed E-state index contributed by atoms with van der Waals surface area (Å²) in [5, 5.41) is 12.3. The summed E-state index contributed by atoms with van der Waals surface area (Å²) in [5.41, 5.74) is 3.45. The normalized spacial score (nSPS) is 13.3. The lowest BCUT2D eigenvalue weighted by atomic mass is 10.2. The number of likely N-dealkylation sites (N-methyl/N-ethyl adjacent to an activating group) is 1. The molecule has 1 aromatic heterocycles. The Morgan fingerprint density at radius 1 is 1.24 bits per heavy atom. The van der Waals surface area contributed by atoms with E-state index >= 15 is 0 Å². The highest BCUT2D eigenvalue weighted by atomic mass is 35.5. The Morgan fingerprint density at radius 3 is 2.52 bits per heavy atom. The Kier molecular flexibility index (Phi) is 5.31. The first-order valence-electron chi connectivity index (χ1n) is 7.63. The molecule has 0 saturated carbocycles. The molecule has 0 amide bonds. The molecule has 0 fully saturated rings. The summed E-state index contributed by atoms with van der Waals surface area (Å²) < 4.78 is 2.15. The molecule has 0 aliphatic rings. The topological polar surface area (TPSA) is 28.4 Å². The average Bonchev–Trinajstić information content (AvgIpc) is 2.71. The standard InChI is InChI=1S/C17H25ClN2O/c1-5-19(6-2)10-14(21)11-20-13(4)12(3)15-8-7-9-16(18)17(15)20/h7-9,14,21H,5-6,10-11H2,1-4H3/t14-/m1/s1. The molecule has 0 bridgehead atoms. The maximum atomic E-state index is 10.4. The van der Waals surface area contributed by atoms with E-state index in [2.05, 4.69) is 43.2 Å². The Hall–Kier alpha value is -1.03. The van der Waals surface area contributed by atoms with Crippen LogP contribution in [0.3, 0.4) is 0 Å². The molecule has 0 aliphatic heterocycles. The molecule has 2 rings (SSSR count). The van der Waals surface area contributed by atoms with Crippen LogP contribution >= 0.6 is 11.6 Å². The average molecular weight is 309 g/mol. The highest BCUT2D eigenvalue weighted by Gasteiger charge is 2.17. The molecule has 1 atom stereocenters. The largest absolute Gasteiger partial charge is 0.390 e. The number of nitrogens with zero attached hydrogens (tertiary/aromatic N) is 2. The van der Waals surface area contributed by atoms with Crippen LogP contribution in [0.2, 0.25) is 5.02 Å². The molecule has 21 heavy (non-hydrogen) atoms. The molecule has 2 aromatic rings. The lowest BCUT2D eigenvalue weighted by Gasteiger charge is -2.23. The van der Waals surface area contributed by atoms with Crippen LogP contribution in [-0.2, 0) is 6.54 Å². The molecule has 1 aromatic carbocycles. The zero-order valence-electron chi connectivity index (χ0n) is 13.4. The third-order valence-corrected chi connectivity index (χ3v) is 4.67. The third-order valence-electron chi connectivity index (χ3n) is 4.36. The maximum absolute atomic E-state index is 10.4. The molecule has 4 heteroatoms. The molecule has 1 N–H and O–H groups in total. The van der Waals surface area contributed by atoms with Crippen LogP contribution in [0, 0.1) is 13.8 Å². The number of fused-ring (bicyclic) bond motifs is 1. The number of aryl methyl sites for hydroxylation is 1. The highest BCUT2D eigenvalue weighted by Crippen LogP contribution is 2.30. The van der Waals surface area contributed by atoms with Gasteiger partial charge in [-0.15, -0.1) is 0 Å². The number of aromatic nitrogens is 1. The van der Waals surface area contributed by atoms with Gasteiger partial charge < -0.3 is 14.6 Å². The van der Waals surface area contributed by atoms with Crippen LogP contribution in [0.4, 0.5) is 0 Å². The van der Waals surface area contributed by atoms with Gasteiger partial charge in [-0.05, 0) is 38.6 Å². The maximum Gasteiger partial charge on any atom is 0.0845 e. The lowest BCUT2D eigenvalue weighted by Crippen LogP contribution is -2.34. The zero-order valence-corrected chi connectivity index (χ0v) is 14.1. The number of halogens is 1. The van der Waals surface area contributed by atoms with Crippen LogP contribution in [0.1, 0.15) is 25.1 Å². The van der Waals surface area contributed by atoms with Crippen molar-refractivity contribution < 1.29 is 5.11 Å². The SMILES string of the molecule is CCN(CC)C[C@@H](O)Cn1c(C)c(C)c2cccc(Cl)c21. The molecular weight excluding hydrogens is 284 g/mol. The third kappa shape index (κ3) is 3.25. The zero-order chi connectivity index (χ0) is 15.6. The number of aliphatic hydroxyl groups excluding tert-OH is 1. The van der Waals surface area contributed by atoms with Crippen molar-refractivity contribution in [2.45, 2.75) is 40.3 Å². The first-order chi connectivity index (χ1) is 9.99. The molecule has 0 spiro atoms. The molecule has 0 aliphatic carbocycles. The smallest absolute Gasteiger partial charge is 0.0845 e. The fraction of sp³-hybridized carbons (Fsp3) is 0.529. The number of hydrogen-bond donors (Lipinski definition) is 1. The van der Waals surface area contributed by atoms with Crippen molar-refractivity contribution in [2.75, 3.05) is 19.6 Å². The van der Waals surface area contributed by atoms with E-state index in [0.717, 1.165) is 23.6 Å². The molecular formula is C17H25ClN2O. The minimum atomic E-state index is -0.394. The van der Waals surface area contributed by atoms with E-state index in [1.807, 2.05) is 12.1 Å². The van der Waals surface area contributed by atoms with Crippen LogP contribution in [0.5, 0.6) is 0 Å². The van der Waals surface area contributed by atoms with Gasteiger partial charge in [0.25, 0.3) is 0 Å². The number of benzene rings is 1. The first kappa shape index (κ1) is 16.3. The van der Waals surface area contributed by atoms with Gasteiger partial charge in [-0.2, -0.15) is 0 Å². The van der Waals surface area contributed by atoms with Gasteiger partial charge in [0.05, 0.1) is 23.2 Å². The molecule has 116 valence electrons. The second-order valence-corrected chi connectivity index (χ2v) is 6.00. The van der Waals surface area contributed by atoms with Crippen LogP contribution in [-0.4, -0.2) is 40.3 Å². The van der Waals surface area contributed by atoms with E-state index in [0.29, 0.717) is 13.1 Å². The minimum absolute atomic E-state index is 0.394. The van der Waals surface area contributed by atoms with E-state index < -0.39 is 6.10 Å². The van der Waals surface area contributed by atoms with Crippen LogP contribution in [0.25, 0.3) is 10.9 Å². The summed E-state index contributed by atoms with van der Waals surface area (Å²) in [6.45, 7) is 11.6. The fourth-order valence-electron chi connectivity index (χ4n) is 2.93. The highest BCUT2D eigenvalue weighted by molar-refractivity contribution is 6.35. The van der Waals surface area contributed by atoms with Crippen molar-refractivity contribution in [3.63, 3.8) is 0 Å². The number of aliphatic hydroxyl groups is 1. The summed E-state index contributed by atoms with van der Waals surface area (Å²) in [5.74, 6) is 0. The van der Waals surface area contributed by atoms with Crippen molar-refractivity contribution >= 4 is 22.5 Å². The Labute approximate surface area is 132 Å². The lowest BCUT2D eigenvalue weighted by molar-refractivity contribution is 0.104. The van der Waals surface area contributed by atoms with Crippen molar-refractivity contribution in [3.8, 4) is 0 Å². The van der Waals surface area contributed by atoms with Gasteiger partial charge in [-0.1, -0.05) is 37.6 Å². The monoisotopic (exact) mass is 308 g/mol. The predicted molar refractivity (Wildman–Crippen MR) is 90.2 cm³/mol. The number of rotatable bonds is 6. The van der Waals surface area contributed by atoms with Crippen LogP contribution in [0.15, 0.2) is 18.2 Å². The van der Waals surface area contributed by atoms with E-state index in [9.17, 15) is 5.11 Å². The summed E-state index contributed by atoms with van der Waals surface area (Å²) in [4.78, 5) is 2.24. The number of para-hydroxylation sites is 1. The van der Waals surface area contributed by atoms with Gasteiger partial charge >= 0.3 is 0 Å². The molecule has 0 unspecified atom stereocenters. The Balaban J connectivity index is 2.32. The summed E-state index contributed by atoms with van der Waals surface area (Å²) in [6, 6.07) is 5.99.